The summed E-state index contributed by atoms with van der Waals surface area (Å²) in [6.45, 7) is 4.85. The number of hydrogen-bond acceptors (Lipinski definition) is 5. The van der Waals surface area contributed by atoms with Crippen LogP contribution in [0.1, 0.15) is 70.2 Å². The number of Topliss-reactive ketones (excluding diaryl/α,β-unsaturated/α-hetero) is 1. The Hall–Kier alpha value is -3.64. The molecule has 192 valence electrons. The van der Waals surface area contributed by atoms with E-state index in [0.29, 0.717) is 37.4 Å². The highest BCUT2D eigenvalue weighted by molar-refractivity contribution is 7.17. The number of benzene rings is 1. The second-order valence-corrected chi connectivity index (χ2v) is 12.1. The third kappa shape index (κ3) is 4.93. The normalized spacial score (nSPS) is 14.9. The van der Waals surface area contributed by atoms with Gasteiger partial charge in [0, 0.05) is 52.8 Å². The molecule has 38 heavy (non-hydrogen) atoms. The van der Waals surface area contributed by atoms with Crippen molar-refractivity contribution in [2.45, 2.75) is 51.4 Å². The van der Waals surface area contributed by atoms with Crippen molar-refractivity contribution < 1.29 is 9.59 Å². The minimum absolute atomic E-state index is 0.102. The number of para-hydroxylation sites is 1. The van der Waals surface area contributed by atoms with Crippen molar-refractivity contribution in [1.82, 2.24) is 9.97 Å². The number of nitrogens with zero attached hydrogens (tertiary/aromatic N) is 3. The summed E-state index contributed by atoms with van der Waals surface area (Å²) in [5, 5.41) is 0. The Morgan fingerprint density at radius 1 is 1.03 bits per heavy atom. The second-order valence-electron chi connectivity index (χ2n) is 11.0. The molecule has 0 bridgehead atoms. The molecule has 1 aromatic carbocycles. The van der Waals surface area contributed by atoms with E-state index >= 15 is 0 Å². The highest BCUT2D eigenvalue weighted by Crippen LogP contribution is 2.43. The van der Waals surface area contributed by atoms with Crippen LogP contribution in [0.5, 0.6) is 0 Å². The summed E-state index contributed by atoms with van der Waals surface area (Å²) in [5.41, 5.74) is 5.13. The van der Waals surface area contributed by atoms with Crippen LogP contribution < -0.4 is 4.90 Å². The zero-order valence-corrected chi connectivity index (χ0v) is 22.6. The Kier molecular flexibility index (Phi) is 6.44. The molecular weight excluding hydrogens is 490 g/mol. The van der Waals surface area contributed by atoms with E-state index in [1.165, 1.54) is 12.8 Å². The van der Waals surface area contributed by atoms with Crippen molar-refractivity contribution in [2.75, 3.05) is 11.4 Å². The van der Waals surface area contributed by atoms with Gasteiger partial charge in [-0.2, -0.15) is 0 Å². The molecule has 0 spiro atoms. The van der Waals surface area contributed by atoms with E-state index in [2.05, 4.69) is 31.0 Å². The zero-order valence-electron chi connectivity index (χ0n) is 21.8. The maximum Gasteiger partial charge on any atom is 0.276 e. The van der Waals surface area contributed by atoms with E-state index in [-0.39, 0.29) is 17.1 Å². The third-order valence-corrected chi connectivity index (χ3v) is 8.80. The Labute approximate surface area is 227 Å². The maximum absolute atomic E-state index is 13.9. The monoisotopic (exact) mass is 521 g/mol. The number of carbonyl (C=O) groups is 2. The van der Waals surface area contributed by atoms with Crippen LogP contribution in [0.2, 0.25) is 0 Å². The molecule has 0 radical (unpaired) electrons. The van der Waals surface area contributed by atoms with Gasteiger partial charge >= 0.3 is 0 Å². The van der Waals surface area contributed by atoms with Crippen LogP contribution in [0.25, 0.3) is 10.4 Å². The number of pyridine rings is 2. The Morgan fingerprint density at radius 3 is 2.63 bits per heavy atom. The fourth-order valence-corrected chi connectivity index (χ4v) is 6.46. The van der Waals surface area contributed by atoms with Crippen LogP contribution in [0.4, 0.5) is 5.69 Å². The summed E-state index contributed by atoms with van der Waals surface area (Å²) in [6, 6.07) is 21.8. The van der Waals surface area contributed by atoms with Crippen LogP contribution >= 0.6 is 11.3 Å². The fraction of sp³-hybridized carbons (Fsp3) is 0.312. The van der Waals surface area contributed by atoms with Gasteiger partial charge in [0.2, 0.25) is 0 Å². The third-order valence-electron chi connectivity index (χ3n) is 7.55. The zero-order chi connectivity index (χ0) is 26.3. The lowest BCUT2D eigenvalue weighted by molar-refractivity contribution is 0.0972. The van der Waals surface area contributed by atoms with E-state index in [1.54, 1.807) is 17.4 Å². The van der Waals surface area contributed by atoms with E-state index < -0.39 is 0 Å². The van der Waals surface area contributed by atoms with Gasteiger partial charge in [-0.25, -0.2) is 4.98 Å². The molecule has 4 aromatic rings. The standard InChI is InChI=1S/C32H31N3O2S/c1-32(2,29-12-5-6-16-33-29)20-23-8-7-10-25(34-23)31(37)35-17-15-22-19-28(27(36)18-21-13-14-21)38-30(22)24-9-3-4-11-26(24)35/h3-12,16,19,21H,13-15,17-18,20H2,1-2H3. The number of amides is 1. The molecule has 4 heterocycles. The van der Waals surface area contributed by atoms with Crippen molar-refractivity contribution in [2.24, 2.45) is 5.92 Å². The van der Waals surface area contributed by atoms with Crippen LogP contribution in [-0.4, -0.2) is 28.2 Å². The van der Waals surface area contributed by atoms with Gasteiger partial charge in [0.25, 0.3) is 5.91 Å². The Morgan fingerprint density at radius 2 is 1.84 bits per heavy atom. The van der Waals surface area contributed by atoms with Crippen LogP contribution in [0.3, 0.4) is 0 Å². The molecule has 6 heteroatoms. The van der Waals surface area contributed by atoms with Crippen molar-refractivity contribution in [3.8, 4) is 10.4 Å². The smallest absolute Gasteiger partial charge is 0.276 e. The highest BCUT2D eigenvalue weighted by atomic mass is 32.1. The van der Waals surface area contributed by atoms with E-state index in [4.69, 9.17) is 4.98 Å². The summed E-state index contributed by atoms with van der Waals surface area (Å²) < 4.78 is 0. The fourth-order valence-electron chi connectivity index (χ4n) is 5.27. The molecule has 3 aromatic heterocycles. The number of anilines is 1. The van der Waals surface area contributed by atoms with Crippen molar-refractivity contribution >= 4 is 28.7 Å². The van der Waals surface area contributed by atoms with Crippen LogP contribution in [0.15, 0.2) is 72.9 Å². The van der Waals surface area contributed by atoms with Crippen LogP contribution in [-0.2, 0) is 18.3 Å². The first-order valence-electron chi connectivity index (χ1n) is 13.3. The Balaban J connectivity index is 1.28. The first-order chi connectivity index (χ1) is 18.4. The molecule has 1 saturated carbocycles. The number of hydrogen-bond donors (Lipinski definition) is 0. The predicted octanol–water partition coefficient (Wildman–Crippen LogP) is 6.91. The molecule has 0 saturated heterocycles. The molecule has 2 aliphatic rings. The summed E-state index contributed by atoms with van der Waals surface area (Å²) in [5.74, 6) is 0.725. The first-order valence-corrected chi connectivity index (χ1v) is 14.2. The maximum atomic E-state index is 13.9. The van der Waals surface area contributed by atoms with Gasteiger partial charge in [0.15, 0.2) is 5.78 Å². The number of ketones is 1. The molecule has 0 unspecified atom stereocenters. The summed E-state index contributed by atoms with van der Waals surface area (Å²) in [4.78, 5) is 39.9. The minimum atomic E-state index is -0.214. The first kappa shape index (κ1) is 24.7. The van der Waals surface area contributed by atoms with E-state index in [0.717, 1.165) is 38.0 Å². The minimum Gasteiger partial charge on any atom is -0.306 e. The molecule has 1 fully saturated rings. The van der Waals surface area contributed by atoms with Gasteiger partial charge < -0.3 is 4.90 Å². The largest absolute Gasteiger partial charge is 0.306 e. The van der Waals surface area contributed by atoms with Gasteiger partial charge in [-0.3, -0.25) is 14.6 Å². The van der Waals surface area contributed by atoms with Gasteiger partial charge in [-0.15, -0.1) is 11.3 Å². The second kappa shape index (κ2) is 9.91. The number of rotatable bonds is 7. The molecule has 1 aliphatic heterocycles. The van der Waals surface area contributed by atoms with Crippen LogP contribution in [0, 0.1) is 5.92 Å². The lowest BCUT2D eigenvalue weighted by Crippen LogP contribution is -2.33. The number of thiophene rings is 1. The quantitative estimate of drug-likeness (QED) is 0.248. The lowest BCUT2D eigenvalue weighted by atomic mass is 9.83. The Bertz CT molecular complexity index is 1500. The average Bonchev–Trinajstić information content (AvgIpc) is 3.67. The number of carbonyl (C=O) groups excluding carboxylic acids is 2. The summed E-state index contributed by atoms with van der Waals surface area (Å²) >= 11 is 1.58. The molecule has 6 rings (SSSR count). The van der Waals surface area contributed by atoms with Crippen molar-refractivity contribution in [3.63, 3.8) is 0 Å². The van der Waals surface area contributed by atoms with E-state index in [1.807, 2.05) is 59.6 Å². The van der Waals surface area contributed by atoms with E-state index in [9.17, 15) is 9.59 Å². The molecule has 1 amide bonds. The lowest BCUT2D eigenvalue weighted by Gasteiger charge is -2.25. The van der Waals surface area contributed by atoms with Gasteiger partial charge in [-0.05, 0) is 67.1 Å². The predicted molar refractivity (Wildman–Crippen MR) is 152 cm³/mol. The SMILES string of the molecule is CC(C)(Cc1cccc(C(=O)N2CCc3cc(C(=O)CC4CC4)sc3-c3ccccc32)n1)c1ccccn1. The topological polar surface area (TPSA) is 63.2 Å². The molecular formula is C32H31N3O2S. The van der Waals surface area contributed by atoms with Gasteiger partial charge in [0.1, 0.15) is 5.69 Å². The summed E-state index contributed by atoms with van der Waals surface area (Å²) in [7, 11) is 0. The van der Waals surface area contributed by atoms with Crippen molar-refractivity contribution in [1.29, 1.82) is 0 Å². The van der Waals surface area contributed by atoms with Crippen molar-refractivity contribution in [3.05, 3.63) is 100 Å². The molecule has 5 nitrogen and oxygen atoms in total. The number of fused-ring (bicyclic) bond motifs is 3. The summed E-state index contributed by atoms with van der Waals surface area (Å²) in [6.07, 6.45) is 6.20. The van der Waals surface area contributed by atoms with Gasteiger partial charge in [0.05, 0.1) is 10.6 Å². The highest BCUT2D eigenvalue weighted by Gasteiger charge is 2.30. The number of aromatic nitrogens is 2. The molecule has 0 atom stereocenters. The molecule has 0 N–H and O–H groups in total. The van der Waals surface area contributed by atoms with Gasteiger partial charge in [-0.1, -0.05) is 44.2 Å². The molecule has 1 aliphatic carbocycles. The average molecular weight is 522 g/mol.